The summed E-state index contributed by atoms with van der Waals surface area (Å²) in [5, 5.41) is 18.2. The Morgan fingerprint density at radius 2 is 1.65 bits per heavy atom. The smallest absolute Gasteiger partial charge is 0.306 e. The lowest BCUT2D eigenvalue weighted by atomic mass is 9.74. The summed E-state index contributed by atoms with van der Waals surface area (Å²) in [7, 11) is 0. The minimum Gasteiger partial charge on any atom is -0.481 e. The van der Waals surface area contributed by atoms with Gasteiger partial charge in [0.15, 0.2) is 0 Å². The quantitative estimate of drug-likeness (QED) is 0.435. The van der Waals surface area contributed by atoms with E-state index in [2.05, 4.69) is 6.92 Å². The third kappa shape index (κ3) is 6.92. The first-order valence-corrected chi connectivity index (χ1v) is 9.37. The Bertz CT molecular complexity index is 374. The van der Waals surface area contributed by atoms with Gasteiger partial charge in [-0.1, -0.05) is 52.4 Å². The summed E-state index contributed by atoms with van der Waals surface area (Å²) in [6.45, 7) is 4.06. The maximum atomic E-state index is 11.5. The van der Waals surface area contributed by atoms with Gasteiger partial charge in [-0.2, -0.15) is 0 Å². The average Bonchev–Trinajstić information content (AvgIpc) is 3.27. The molecular formula is C19H34O4. The fourth-order valence-electron chi connectivity index (χ4n) is 3.95. The van der Waals surface area contributed by atoms with Gasteiger partial charge < -0.3 is 10.2 Å². The molecule has 0 saturated heterocycles. The van der Waals surface area contributed by atoms with E-state index in [0.29, 0.717) is 6.42 Å². The van der Waals surface area contributed by atoms with Gasteiger partial charge in [0.2, 0.25) is 0 Å². The van der Waals surface area contributed by atoms with Crippen molar-refractivity contribution < 1.29 is 19.8 Å². The highest BCUT2D eigenvalue weighted by atomic mass is 16.4. The molecule has 1 aliphatic rings. The number of unbranched alkanes of at least 4 members (excludes halogenated alkanes) is 5. The van der Waals surface area contributed by atoms with Crippen molar-refractivity contribution in [2.45, 2.75) is 90.9 Å². The molecule has 0 aliphatic heterocycles. The summed E-state index contributed by atoms with van der Waals surface area (Å²) < 4.78 is 0. The van der Waals surface area contributed by atoms with E-state index in [9.17, 15) is 14.7 Å². The molecule has 0 amide bonds. The average molecular weight is 326 g/mol. The van der Waals surface area contributed by atoms with Crippen LogP contribution < -0.4 is 0 Å². The number of carboxylic acid groups (broad SMARTS) is 2. The summed E-state index contributed by atoms with van der Waals surface area (Å²) in [5.74, 6) is -1.45. The Balaban J connectivity index is 2.49. The molecule has 1 aliphatic carbocycles. The van der Waals surface area contributed by atoms with Crippen LogP contribution in [0.25, 0.3) is 0 Å². The van der Waals surface area contributed by atoms with Crippen molar-refractivity contribution in [3.05, 3.63) is 0 Å². The van der Waals surface area contributed by atoms with Gasteiger partial charge in [0.1, 0.15) is 0 Å². The highest BCUT2D eigenvalue weighted by Crippen LogP contribution is 2.59. The van der Waals surface area contributed by atoms with Crippen LogP contribution in [0.4, 0.5) is 0 Å². The molecule has 4 nitrogen and oxygen atoms in total. The van der Waals surface area contributed by atoms with E-state index >= 15 is 0 Å². The molecule has 1 saturated carbocycles. The highest BCUT2D eigenvalue weighted by molar-refractivity contribution is 5.70. The summed E-state index contributed by atoms with van der Waals surface area (Å²) in [5.41, 5.74) is 0.182. The van der Waals surface area contributed by atoms with E-state index in [1.165, 1.54) is 25.7 Å². The number of hydrogen-bond donors (Lipinski definition) is 2. The van der Waals surface area contributed by atoms with Crippen LogP contribution in [0.3, 0.4) is 0 Å². The molecule has 134 valence electrons. The van der Waals surface area contributed by atoms with Crippen molar-refractivity contribution >= 4 is 11.9 Å². The maximum Gasteiger partial charge on any atom is 0.306 e. The van der Waals surface area contributed by atoms with Crippen LogP contribution in [-0.4, -0.2) is 22.2 Å². The lowest BCUT2D eigenvalue weighted by molar-refractivity contribution is -0.144. The topological polar surface area (TPSA) is 74.6 Å². The van der Waals surface area contributed by atoms with E-state index in [0.717, 1.165) is 38.5 Å². The van der Waals surface area contributed by atoms with Crippen LogP contribution in [0, 0.1) is 17.3 Å². The third-order valence-electron chi connectivity index (χ3n) is 5.61. The highest BCUT2D eigenvalue weighted by Gasteiger charge is 2.50. The zero-order valence-corrected chi connectivity index (χ0v) is 14.9. The first-order valence-electron chi connectivity index (χ1n) is 9.37. The van der Waals surface area contributed by atoms with Gasteiger partial charge in [-0.15, -0.1) is 0 Å². The van der Waals surface area contributed by atoms with Crippen LogP contribution >= 0.6 is 0 Å². The van der Waals surface area contributed by atoms with Crippen LogP contribution in [0.2, 0.25) is 0 Å². The van der Waals surface area contributed by atoms with Gasteiger partial charge in [0.05, 0.1) is 5.92 Å². The van der Waals surface area contributed by atoms with Crippen LogP contribution in [0.5, 0.6) is 0 Å². The first-order chi connectivity index (χ1) is 10.9. The molecular weight excluding hydrogens is 292 g/mol. The van der Waals surface area contributed by atoms with Crippen molar-refractivity contribution in [2.75, 3.05) is 0 Å². The molecule has 2 N–H and O–H groups in total. The molecule has 2 atom stereocenters. The second-order valence-corrected chi connectivity index (χ2v) is 7.40. The van der Waals surface area contributed by atoms with E-state index < -0.39 is 11.9 Å². The Morgan fingerprint density at radius 1 is 1.00 bits per heavy atom. The van der Waals surface area contributed by atoms with Gasteiger partial charge in [-0.3, -0.25) is 9.59 Å². The zero-order chi connectivity index (χ0) is 17.3. The molecule has 23 heavy (non-hydrogen) atoms. The molecule has 0 bridgehead atoms. The lowest BCUT2D eigenvalue weighted by Gasteiger charge is -2.30. The zero-order valence-electron chi connectivity index (χ0n) is 14.9. The lowest BCUT2D eigenvalue weighted by Crippen LogP contribution is -2.29. The van der Waals surface area contributed by atoms with Crippen LogP contribution in [-0.2, 0) is 9.59 Å². The predicted molar refractivity (Wildman–Crippen MR) is 91.4 cm³/mol. The van der Waals surface area contributed by atoms with Crippen molar-refractivity contribution in [1.82, 2.24) is 0 Å². The number of rotatable bonds is 14. The van der Waals surface area contributed by atoms with Crippen molar-refractivity contribution in [2.24, 2.45) is 17.3 Å². The molecule has 0 heterocycles. The standard InChI is InChI=1S/C19H34O4/c1-3-4-5-6-7-10-16(15(2)18(22)23)19(13-14-19)12-9-8-11-17(20)21/h15-16H,3-14H2,1-2H3,(H,20,21)(H,22,23). The Kier molecular flexibility index (Phi) is 8.64. The van der Waals surface area contributed by atoms with Gasteiger partial charge in [-0.05, 0) is 43.4 Å². The van der Waals surface area contributed by atoms with Crippen LogP contribution in [0.15, 0.2) is 0 Å². The minimum absolute atomic E-state index is 0.182. The molecule has 0 aromatic heterocycles. The Hall–Kier alpha value is -1.06. The molecule has 4 heteroatoms. The monoisotopic (exact) mass is 326 g/mol. The van der Waals surface area contributed by atoms with Crippen molar-refractivity contribution in [3.63, 3.8) is 0 Å². The maximum absolute atomic E-state index is 11.5. The summed E-state index contributed by atoms with van der Waals surface area (Å²) >= 11 is 0. The molecule has 0 aromatic carbocycles. The summed E-state index contributed by atoms with van der Waals surface area (Å²) in [6, 6.07) is 0. The molecule has 1 fully saturated rings. The summed E-state index contributed by atoms with van der Waals surface area (Å²) in [6.07, 6.45) is 12.2. The number of carboxylic acids is 2. The van der Waals surface area contributed by atoms with Gasteiger partial charge in [0.25, 0.3) is 0 Å². The van der Waals surface area contributed by atoms with Gasteiger partial charge in [-0.25, -0.2) is 0 Å². The van der Waals surface area contributed by atoms with Crippen LogP contribution in [0.1, 0.15) is 90.9 Å². The van der Waals surface area contributed by atoms with Crippen molar-refractivity contribution in [1.29, 1.82) is 0 Å². The van der Waals surface area contributed by atoms with E-state index in [-0.39, 0.29) is 23.7 Å². The van der Waals surface area contributed by atoms with Gasteiger partial charge >= 0.3 is 11.9 Å². The van der Waals surface area contributed by atoms with E-state index in [1.54, 1.807) is 0 Å². The third-order valence-corrected chi connectivity index (χ3v) is 5.61. The fraction of sp³-hybridized carbons (Fsp3) is 0.895. The van der Waals surface area contributed by atoms with E-state index in [4.69, 9.17) is 5.11 Å². The molecule has 1 rings (SSSR count). The van der Waals surface area contributed by atoms with E-state index in [1.807, 2.05) is 6.92 Å². The van der Waals surface area contributed by atoms with Crippen molar-refractivity contribution in [3.8, 4) is 0 Å². The largest absolute Gasteiger partial charge is 0.481 e. The first kappa shape index (κ1) is 20.0. The molecule has 2 unspecified atom stereocenters. The predicted octanol–water partition coefficient (Wildman–Crippen LogP) is 5.11. The number of carbonyl (C=O) groups is 2. The second-order valence-electron chi connectivity index (χ2n) is 7.40. The summed E-state index contributed by atoms with van der Waals surface area (Å²) in [4.78, 5) is 22.1. The molecule has 0 radical (unpaired) electrons. The second kappa shape index (κ2) is 9.94. The Labute approximate surface area is 140 Å². The number of hydrogen-bond acceptors (Lipinski definition) is 2. The fourth-order valence-corrected chi connectivity index (χ4v) is 3.95. The SMILES string of the molecule is CCCCCCCC(C(C)C(=O)O)C1(CCCCC(=O)O)CC1. The molecule has 0 aromatic rings. The minimum atomic E-state index is -0.735. The number of aliphatic carboxylic acids is 2. The van der Waals surface area contributed by atoms with Gasteiger partial charge in [0, 0.05) is 6.42 Å². The molecule has 0 spiro atoms. The normalized spacial score (nSPS) is 18.3. The Morgan fingerprint density at radius 3 is 2.17 bits per heavy atom.